The number of aliphatic hydroxyl groups is 1. The first-order chi connectivity index (χ1) is 9.06. The fraction of sp³-hybridized carbons (Fsp3) is 0.538. The van der Waals surface area contributed by atoms with Crippen molar-refractivity contribution in [3.63, 3.8) is 0 Å². The van der Waals surface area contributed by atoms with Gasteiger partial charge >= 0.3 is 0 Å². The molecule has 1 saturated carbocycles. The summed E-state index contributed by atoms with van der Waals surface area (Å²) < 4.78 is 2.09. The smallest absolute Gasteiger partial charge is 0.251 e. The summed E-state index contributed by atoms with van der Waals surface area (Å²) in [5.74, 6) is -0.244. The first kappa shape index (κ1) is 14.3. The summed E-state index contributed by atoms with van der Waals surface area (Å²) in [7, 11) is 0. The standard InChI is InChI=1S/C13H17BrN2O3/c14-9-5-6-13(19)16(7-9)8-12(18)15-10-3-1-2-4-11(10)17/h5-7,10-11,17H,1-4,8H2,(H,15,18)/t10-,11-/m1/s1. The minimum atomic E-state index is -0.475. The van der Waals surface area contributed by atoms with Gasteiger partial charge in [-0.1, -0.05) is 12.8 Å². The molecular weight excluding hydrogens is 312 g/mol. The third-order valence-corrected chi connectivity index (χ3v) is 3.81. The monoisotopic (exact) mass is 328 g/mol. The van der Waals surface area contributed by atoms with Gasteiger partial charge in [0, 0.05) is 16.7 Å². The number of amides is 1. The van der Waals surface area contributed by atoms with Gasteiger partial charge in [0.15, 0.2) is 0 Å². The van der Waals surface area contributed by atoms with E-state index in [0.717, 1.165) is 30.2 Å². The van der Waals surface area contributed by atoms with Gasteiger partial charge in [-0.25, -0.2) is 0 Å². The summed E-state index contributed by atoms with van der Waals surface area (Å²) in [6, 6.07) is 2.86. The Labute approximate surface area is 119 Å². The molecule has 0 aromatic carbocycles. The van der Waals surface area contributed by atoms with E-state index in [1.54, 1.807) is 12.3 Å². The van der Waals surface area contributed by atoms with Crippen molar-refractivity contribution in [3.8, 4) is 0 Å². The van der Waals surface area contributed by atoms with E-state index in [9.17, 15) is 14.7 Å². The second-order valence-electron chi connectivity index (χ2n) is 4.84. The van der Waals surface area contributed by atoms with Crippen LogP contribution in [-0.2, 0) is 11.3 Å². The Balaban J connectivity index is 1.97. The molecule has 6 heteroatoms. The first-order valence-corrected chi connectivity index (χ1v) is 7.19. The van der Waals surface area contributed by atoms with E-state index >= 15 is 0 Å². The molecule has 0 radical (unpaired) electrons. The van der Waals surface area contributed by atoms with Crippen molar-refractivity contribution in [2.75, 3.05) is 0 Å². The topological polar surface area (TPSA) is 71.3 Å². The Bertz CT molecular complexity index is 515. The maximum atomic E-state index is 11.9. The van der Waals surface area contributed by atoms with Gasteiger partial charge in [-0.3, -0.25) is 9.59 Å². The molecule has 0 spiro atoms. The predicted molar refractivity (Wildman–Crippen MR) is 74.8 cm³/mol. The van der Waals surface area contributed by atoms with Gasteiger partial charge in [-0.2, -0.15) is 0 Å². The number of pyridine rings is 1. The van der Waals surface area contributed by atoms with Gasteiger partial charge in [0.05, 0.1) is 12.1 Å². The van der Waals surface area contributed by atoms with E-state index in [1.807, 2.05) is 0 Å². The molecule has 2 N–H and O–H groups in total. The molecule has 104 valence electrons. The lowest BCUT2D eigenvalue weighted by Crippen LogP contribution is -2.46. The molecule has 19 heavy (non-hydrogen) atoms. The van der Waals surface area contributed by atoms with Crippen molar-refractivity contribution in [2.45, 2.75) is 44.4 Å². The van der Waals surface area contributed by atoms with Crippen LogP contribution < -0.4 is 10.9 Å². The summed E-state index contributed by atoms with van der Waals surface area (Å²) >= 11 is 3.26. The number of halogens is 1. The summed E-state index contributed by atoms with van der Waals surface area (Å²) in [5.41, 5.74) is -0.220. The van der Waals surface area contributed by atoms with Crippen LogP contribution in [0, 0.1) is 0 Å². The minimum absolute atomic E-state index is 0.0263. The maximum absolute atomic E-state index is 11.9. The second kappa shape index (κ2) is 6.34. The maximum Gasteiger partial charge on any atom is 0.251 e. The first-order valence-electron chi connectivity index (χ1n) is 6.39. The fourth-order valence-electron chi connectivity index (χ4n) is 2.31. The number of aliphatic hydroxyl groups excluding tert-OH is 1. The molecule has 0 bridgehead atoms. The van der Waals surface area contributed by atoms with Crippen LogP contribution in [0.15, 0.2) is 27.6 Å². The lowest BCUT2D eigenvalue weighted by molar-refractivity contribution is -0.123. The normalized spacial score (nSPS) is 23.1. The van der Waals surface area contributed by atoms with Gasteiger partial charge in [0.25, 0.3) is 5.56 Å². The lowest BCUT2D eigenvalue weighted by Gasteiger charge is -2.28. The highest BCUT2D eigenvalue weighted by molar-refractivity contribution is 9.10. The zero-order valence-corrected chi connectivity index (χ0v) is 12.1. The summed E-state index contributed by atoms with van der Waals surface area (Å²) in [6.07, 6.45) is 4.63. The van der Waals surface area contributed by atoms with E-state index < -0.39 is 6.10 Å². The third-order valence-electron chi connectivity index (χ3n) is 3.34. The summed E-state index contributed by atoms with van der Waals surface area (Å²) in [5, 5.41) is 12.6. The number of hydrogen-bond acceptors (Lipinski definition) is 3. The van der Waals surface area contributed by atoms with Crippen LogP contribution in [-0.4, -0.2) is 27.7 Å². The van der Waals surface area contributed by atoms with Gasteiger partial charge in [-0.15, -0.1) is 0 Å². The minimum Gasteiger partial charge on any atom is -0.391 e. The zero-order valence-electron chi connectivity index (χ0n) is 10.5. The summed E-state index contributed by atoms with van der Waals surface area (Å²) in [4.78, 5) is 23.5. The molecule has 0 unspecified atom stereocenters. The van der Waals surface area contributed by atoms with E-state index in [2.05, 4.69) is 21.2 Å². The molecule has 0 aliphatic heterocycles. The fourth-order valence-corrected chi connectivity index (χ4v) is 2.69. The highest BCUT2D eigenvalue weighted by atomic mass is 79.9. The molecule has 0 saturated heterocycles. The number of nitrogens with one attached hydrogen (secondary N) is 1. The number of nitrogens with zero attached hydrogens (tertiary/aromatic N) is 1. The van der Waals surface area contributed by atoms with Gasteiger partial charge < -0.3 is 15.0 Å². The zero-order chi connectivity index (χ0) is 13.8. The van der Waals surface area contributed by atoms with E-state index in [0.29, 0.717) is 0 Å². The average molecular weight is 329 g/mol. The average Bonchev–Trinajstić information content (AvgIpc) is 2.37. The Morgan fingerprint density at radius 3 is 2.89 bits per heavy atom. The highest BCUT2D eigenvalue weighted by Crippen LogP contribution is 2.18. The Morgan fingerprint density at radius 1 is 1.42 bits per heavy atom. The number of hydrogen-bond donors (Lipinski definition) is 2. The Hall–Kier alpha value is -1.14. The molecule has 2 rings (SSSR count). The molecule has 1 aliphatic rings. The van der Waals surface area contributed by atoms with Crippen LogP contribution in [0.4, 0.5) is 0 Å². The van der Waals surface area contributed by atoms with E-state index in [-0.39, 0.29) is 24.1 Å². The van der Waals surface area contributed by atoms with Crippen LogP contribution in [0.25, 0.3) is 0 Å². The second-order valence-corrected chi connectivity index (χ2v) is 5.75. The van der Waals surface area contributed by atoms with Crippen molar-refractivity contribution in [2.24, 2.45) is 0 Å². The summed E-state index contributed by atoms with van der Waals surface area (Å²) in [6.45, 7) is -0.0263. The number of carbonyl (C=O) groups is 1. The predicted octanol–water partition coefficient (Wildman–Crippen LogP) is 1.03. The Kier molecular flexibility index (Phi) is 4.76. The molecule has 1 heterocycles. The van der Waals surface area contributed by atoms with Crippen molar-refractivity contribution in [3.05, 3.63) is 33.2 Å². The van der Waals surface area contributed by atoms with E-state index in [4.69, 9.17) is 0 Å². The number of rotatable bonds is 3. The lowest BCUT2D eigenvalue weighted by atomic mass is 9.92. The Morgan fingerprint density at radius 2 is 2.16 bits per heavy atom. The van der Waals surface area contributed by atoms with Crippen LogP contribution in [0.5, 0.6) is 0 Å². The molecule has 5 nitrogen and oxygen atoms in total. The number of carbonyl (C=O) groups excluding carboxylic acids is 1. The molecule has 1 aromatic rings. The van der Waals surface area contributed by atoms with Crippen LogP contribution in [0.2, 0.25) is 0 Å². The van der Waals surface area contributed by atoms with Crippen molar-refractivity contribution >= 4 is 21.8 Å². The van der Waals surface area contributed by atoms with Gasteiger partial charge in [0.1, 0.15) is 6.54 Å². The van der Waals surface area contributed by atoms with E-state index in [1.165, 1.54) is 10.6 Å². The van der Waals surface area contributed by atoms with Gasteiger partial charge in [0.2, 0.25) is 5.91 Å². The third kappa shape index (κ3) is 3.91. The molecule has 2 atom stereocenters. The van der Waals surface area contributed by atoms with Crippen molar-refractivity contribution in [1.82, 2.24) is 9.88 Å². The highest BCUT2D eigenvalue weighted by Gasteiger charge is 2.24. The number of aromatic nitrogens is 1. The molecule has 1 aromatic heterocycles. The van der Waals surface area contributed by atoms with Crippen molar-refractivity contribution < 1.29 is 9.90 Å². The SMILES string of the molecule is O=C(Cn1cc(Br)ccc1=O)N[C@@H]1CCCC[C@H]1O. The van der Waals surface area contributed by atoms with Crippen molar-refractivity contribution in [1.29, 1.82) is 0 Å². The quantitative estimate of drug-likeness (QED) is 0.870. The molecule has 1 aliphatic carbocycles. The van der Waals surface area contributed by atoms with Gasteiger partial charge in [-0.05, 0) is 34.8 Å². The van der Waals surface area contributed by atoms with Crippen LogP contribution in [0.1, 0.15) is 25.7 Å². The van der Waals surface area contributed by atoms with Crippen LogP contribution in [0.3, 0.4) is 0 Å². The molecular formula is C13H17BrN2O3. The molecule has 1 amide bonds. The van der Waals surface area contributed by atoms with Crippen LogP contribution >= 0.6 is 15.9 Å². The molecule has 1 fully saturated rings. The largest absolute Gasteiger partial charge is 0.391 e.